The maximum atomic E-state index is 10.6. The van der Waals surface area contributed by atoms with Crippen LogP contribution in [0.15, 0.2) is 60.7 Å². The third-order valence-electron chi connectivity index (χ3n) is 5.00. The molecular formula is C22H28O5. The quantitative estimate of drug-likeness (QED) is 0.708. The van der Waals surface area contributed by atoms with Gasteiger partial charge in [0.2, 0.25) is 0 Å². The number of aliphatic hydroxyl groups excluding tert-OH is 2. The van der Waals surface area contributed by atoms with Crippen molar-refractivity contribution in [1.82, 2.24) is 0 Å². The second-order valence-electron chi connectivity index (χ2n) is 7.05. The molecular weight excluding hydrogens is 344 g/mol. The lowest BCUT2D eigenvalue weighted by Crippen LogP contribution is -2.49. The number of aliphatic hydroxyl groups is 2. The summed E-state index contributed by atoms with van der Waals surface area (Å²) in [4.78, 5) is 0. The molecule has 3 rings (SSSR count). The van der Waals surface area contributed by atoms with E-state index in [9.17, 15) is 10.2 Å². The van der Waals surface area contributed by atoms with Gasteiger partial charge in [-0.2, -0.15) is 0 Å². The van der Waals surface area contributed by atoms with Crippen LogP contribution in [0.25, 0.3) is 0 Å². The van der Waals surface area contributed by atoms with Crippen LogP contribution in [0.2, 0.25) is 0 Å². The van der Waals surface area contributed by atoms with Gasteiger partial charge in [0, 0.05) is 13.0 Å². The molecule has 27 heavy (non-hydrogen) atoms. The number of hydrogen-bond donors (Lipinski definition) is 2. The van der Waals surface area contributed by atoms with E-state index in [1.54, 1.807) is 0 Å². The van der Waals surface area contributed by atoms with E-state index < -0.39 is 23.9 Å². The molecule has 0 aromatic heterocycles. The van der Waals surface area contributed by atoms with E-state index in [1.807, 2.05) is 67.6 Å². The minimum atomic E-state index is -0.878. The van der Waals surface area contributed by atoms with Crippen molar-refractivity contribution >= 4 is 0 Å². The van der Waals surface area contributed by atoms with Crippen LogP contribution in [0.4, 0.5) is 0 Å². The number of hydrogen-bond acceptors (Lipinski definition) is 5. The molecule has 2 aromatic carbocycles. The van der Waals surface area contributed by atoms with Gasteiger partial charge in [-0.05, 0) is 18.1 Å². The molecule has 0 bridgehead atoms. The van der Waals surface area contributed by atoms with Crippen LogP contribution < -0.4 is 0 Å². The molecule has 1 aliphatic rings. The van der Waals surface area contributed by atoms with Crippen molar-refractivity contribution in [2.45, 2.75) is 50.5 Å². The van der Waals surface area contributed by atoms with E-state index in [0.717, 1.165) is 11.1 Å². The molecule has 146 valence electrons. The highest BCUT2D eigenvalue weighted by molar-refractivity contribution is 5.15. The Hall–Kier alpha value is -1.76. The molecule has 1 fully saturated rings. The highest BCUT2D eigenvalue weighted by Crippen LogP contribution is 2.37. The van der Waals surface area contributed by atoms with E-state index in [4.69, 9.17) is 14.2 Å². The smallest absolute Gasteiger partial charge is 0.123 e. The van der Waals surface area contributed by atoms with Gasteiger partial charge in [0.1, 0.15) is 17.8 Å². The van der Waals surface area contributed by atoms with Crippen LogP contribution in [0.1, 0.15) is 24.5 Å². The lowest BCUT2D eigenvalue weighted by Gasteiger charge is -2.34. The monoisotopic (exact) mass is 372 g/mol. The second-order valence-corrected chi connectivity index (χ2v) is 7.05. The largest absolute Gasteiger partial charge is 0.396 e. The fourth-order valence-corrected chi connectivity index (χ4v) is 3.57. The molecule has 5 nitrogen and oxygen atoms in total. The summed E-state index contributed by atoms with van der Waals surface area (Å²) in [5.74, 6) is 0. The van der Waals surface area contributed by atoms with E-state index in [-0.39, 0.29) is 13.2 Å². The molecule has 1 aliphatic heterocycles. The highest BCUT2D eigenvalue weighted by atomic mass is 16.6. The van der Waals surface area contributed by atoms with E-state index in [1.165, 1.54) is 0 Å². The Bertz CT molecular complexity index is 678. The molecule has 0 radical (unpaired) electrons. The van der Waals surface area contributed by atoms with Crippen molar-refractivity contribution < 1.29 is 24.4 Å². The summed E-state index contributed by atoms with van der Waals surface area (Å²) in [6.45, 7) is 2.79. The minimum Gasteiger partial charge on any atom is -0.396 e. The molecule has 2 aromatic rings. The number of rotatable bonds is 9. The summed E-state index contributed by atoms with van der Waals surface area (Å²) in [7, 11) is 0. The summed E-state index contributed by atoms with van der Waals surface area (Å²) >= 11 is 0. The molecule has 2 N–H and O–H groups in total. The lowest BCUT2D eigenvalue weighted by atomic mass is 9.92. The first-order chi connectivity index (χ1) is 13.1. The fourth-order valence-electron chi connectivity index (χ4n) is 3.57. The zero-order chi connectivity index (χ0) is 19.1. The van der Waals surface area contributed by atoms with Gasteiger partial charge >= 0.3 is 0 Å². The molecule has 1 saturated heterocycles. The van der Waals surface area contributed by atoms with Gasteiger partial charge in [-0.3, -0.25) is 0 Å². The molecule has 0 spiro atoms. The van der Waals surface area contributed by atoms with Gasteiger partial charge in [0.25, 0.3) is 0 Å². The molecule has 0 saturated carbocycles. The average Bonchev–Trinajstić information content (AvgIpc) is 2.92. The predicted molar refractivity (Wildman–Crippen MR) is 102 cm³/mol. The van der Waals surface area contributed by atoms with Crippen LogP contribution in [0.3, 0.4) is 0 Å². The summed E-state index contributed by atoms with van der Waals surface area (Å²) in [5, 5.41) is 20.2. The summed E-state index contributed by atoms with van der Waals surface area (Å²) < 4.78 is 18.1. The van der Waals surface area contributed by atoms with Crippen LogP contribution >= 0.6 is 0 Å². The lowest BCUT2D eigenvalue weighted by molar-refractivity contribution is -0.154. The third kappa shape index (κ3) is 4.94. The first-order valence-electron chi connectivity index (χ1n) is 9.38. The number of ether oxygens (including phenoxy) is 3. The Morgan fingerprint density at radius 1 is 0.963 bits per heavy atom. The summed E-state index contributed by atoms with van der Waals surface area (Å²) in [6.07, 6.45) is -1.41. The van der Waals surface area contributed by atoms with Crippen LogP contribution in [-0.2, 0) is 27.4 Å². The van der Waals surface area contributed by atoms with Crippen molar-refractivity contribution in [2.24, 2.45) is 0 Å². The molecule has 5 heteroatoms. The predicted octanol–water partition coefficient (Wildman–Crippen LogP) is 2.69. The van der Waals surface area contributed by atoms with Gasteiger partial charge in [-0.15, -0.1) is 0 Å². The summed E-state index contributed by atoms with van der Waals surface area (Å²) in [6, 6.07) is 19.7. The van der Waals surface area contributed by atoms with Gasteiger partial charge in [0.05, 0.1) is 25.9 Å². The molecule has 0 amide bonds. The van der Waals surface area contributed by atoms with Crippen molar-refractivity contribution in [3.05, 3.63) is 71.8 Å². The van der Waals surface area contributed by atoms with Crippen LogP contribution in [0.5, 0.6) is 0 Å². The SMILES string of the molecule is CC1O[C@](CCO)(COCc2ccccc2)C(OCc2ccccc2)C1O. The highest BCUT2D eigenvalue weighted by Gasteiger charge is 2.53. The Labute approximate surface area is 160 Å². The molecule has 4 atom stereocenters. The normalized spacial score (nSPS) is 27.7. The average molecular weight is 372 g/mol. The van der Waals surface area contributed by atoms with Crippen molar-refractivity contribution in [2.75, 3.05) is 13.2 Å². The Balaban J connectivity index is 1.68. The third-order valence-corrected chi connectivity index (χ3v) is 5.00. The maximum Gasteiger partial charge on any atom is 0.123 e. The zero-order valence-electron chi connectivity index (χ0n) is 15.7. The first-order valence-corrected chi connectivity index (χ1v) is 9.38. The van der Waals surface area contributed by atoms with Gasteiger partial charge < -0.3 is 24.4 Å². The van der Waals surface area contributed by atoms with E-state index in [2.05, 4.69) is 0 Å². The Kier molecular flexibility index (Phi) is 6.99. The van der Waals surface area contributed by atoms with Gasteiger partial charge in [0.15, 0.2) is 0 Å². The second kappa shape index (κ2) is 9.44. The Morgan fingerprint density at radius 2 is 1.56 bits per heavy atom. The van der Waals surface area contributed by atoms with Crippen molar-refractivity contribution in [3.63, 3.8) is 0 Å². The van der Waals surface area contributed by atoms with E-state index in [0.29, 0.717) is 19.6 Å². The molecule has 0 aliphatic carbocycles. The van der Waals surface area contributed by atoms with Crippen LogP contribution in [-0.4, -0.2) is 47.3 Å². The molecule has 1 heterocycles. The number of benzene rings is 2. The van der Waals surface area contributed by atoms with Gasteiger partial charge in [-0.25, -0.2) is 0 Å². The molecule has 3 unspecified atom stereocenters. The standard InChI is InChI=1S/C22H28O5/c1-17-20(24)21(26-15-19-10-6-3-7-11-19)22(27-17,12-13-23)16-25-14-18-8-4-2-5-9-18/h2-11,17,20-21,23-24H,12-16H2,1H3/t17?,20?,21?,22-/m1/s1. The van der Waals surface area contributed by atoms with Crippen LogP contribution in [0, 0.1) is 0 Å². The summed E-state index contributed by atoms with van der Waals surface area (Å²) in [5.41, 5.74) is 1.20. The van der Waals surface area contributed by atoms with Crippen molar-refractivity contribution in [1.29, 1.82) is 0 Å². The Morgan fingerprint density at radius 3 is 2.15 bits per heavy atom. The first kappa shape index (κ1) is 20.0. The van der Waals surface area contributed by atoms with E-state index >= 15 is 0 Å². The topological polar surface area (TPSA) is 68.2 Å². The minimum absolute atomic E-state index is 0.0701. The van der Waals surface area contributed by atoms with Gasteiger partial charge in [-0.1, -0.05) is 60.7 Å². The maximum absolute atomic E-state index is 10.6. The zero-order valence-corrected chi connectivity index (χ0v) is 15.7. The van der Waals surface area contributed by atoms with Crippen molar-refractivity contribution in [3.8, 4) is 0 Å². The fraction of sp³-hybridized carbons (Fsp3) is 0.455.